The van der Waals surface area contributed by atoms with Gasteiger partial charge < -0.3 is 0 Å². The number of benzene rings is 1. The molecule has 0 heterocycles. The third kappa shape index (κ3) is 3.38. The van der Waals surface area contributed by atoms with Crippen LogP contribution in [0.25, 0.3) is 0 Å². The van der Waals surface area contributed by atoms with Crippen LogP contribution in [-0.2, 0) is 0 Å². The molecule has 0 aliphatic carbocycles. The Kier molecular flexibility index (Phi) is 4.33. The Morgan fingerprint density at radius 3 is 2.87 bits per heavy atom. The van der Waals surface area contributed by atoms with Crippen molar-refractivity contribution in [1.82, 2.24) is 0 Å². The number of carbonyl (C=O) groups excluding carboxylic acids is 1. The maximum absolute atomic E-state index is 12.9. The SMILES string of the molecule is CC(=O)c1ccc(F)cc1C#CCCCl. The molecule has 0 amide bonds. The molecule has 0 saturated carbocycles. The first-order chi connectivity index (χ1) is 7.15. The van der Waals surface area contributed by atoms with Crippen molar-refractivity contribution in [3.8, 4) is 11.8 Å². The highest BCUT2D eigenvalue weighted by Crippen LogP contribution is 2.11. The molecule has 1 aromatic carbocycles. The van der Waals surface area contributed by atoms with Crippen LogP contribution in [0, 0.1) is 17.7 Å². The molecule has 0 aromatic heterocycles. The van der Waals surface area contributed by atoms with E-state index in [1.165, 1.54) is 25.1 Å². The van der Waals surface area contributed by atoms with E-state index in [4.69, 9.17) is 11.6 Å². The molecule has 78 valence electrons. The quantitative estimate of drug-likeness (QED) is 0.429. The van der Waals surface area contributed by atoms with E-state index in [9.17, 15) is 9.18 Å². The fraction of sp³-hybridized carbons (Fsp3) is 0.250. The largest absolute Gasteiger partial charge is 0.294 e. The lowest BCUT2D eigenvalue weighted by Gasteiger charge is -1.99. The van der Waals surface area contributed by atoms with Crippen LogP contribution in [0.4, 0.5) is 4.39 Å². The summed E-state index contributed by atoms with van der Waals surface area (Å²) in [6, 6.07) is 3.96. The summed E-state index contributed by atoms with van der Waals surface area (Å²) < 4.78 is 12.9. The van der Waals surface area contributed by atoms with Gasteiger partial charge in [0.15, 0.2) is 5.78 Å². The highest BCUT2D eigenvalue weighted by molar-refractivity contribution is 6.18. The summed E-state index contributed by atoms with van der Waals surface area (Å²) in [5, 5.41) is 0. The second kappa shape index (κ2) is 5.53. The summed E-state index contributed by atoms with van der Waals surface area (Å²) in [5.74, 6) is 5.43. The molecule has 0 atom stereocenters. The van der Waals surface area contributed by atoms with Crippen LogP contribution >= 0.6 is 11.6 Å². The van der Waals surface area contributed by atoms with E-state index in [0.717, 1.165) is 0 Å². The molecule has 0 radical (unpaired) electrons. The van der Waals surface area contributed by atoms with E-state index in [-0.39, 0.29) is 5.78 Å². The minimum Gasteiger partial charge on any atom is -0.294 e. The number of Topliss-reactive ketones (excluding diaryl/α,β-unsaturated/α-hetero) is 1. The Bertz CT molecular complexity index is 429. The monoisotopic (exact) mass is 224 g/mol. The van der Waals surface area contributed by atoms with Crippen molar-refractivity contribution in [3.63, 3.8) is 0 Å². The number of carbonyl (C=O) groups is 1. The molecule has 0 fully saturated rings. The van der Waals surface area contributed by atoms with E-state index < -0.39 is 5.82 Å². The van der Waals surface area contributed by atoms with Gasteiger partial charge in [0.25, 0.3) is 0 Å². The summed E-state index contributed by atoms with van der Waals surface area (Å²) in [5.41, 5.74) is 0.867. The van der Waals surface area contributed by atoms with Crippen LogP contribution in [0.15, 0.2) is 18.2 Å². The summed E-state index contributed by atoms with van der Waals surface area (Å²) in [6.07, 6.45) is 0.523. The molecule has 0 aliphatic rings. The summed E-state index contributed by atoms with van der Waals surface area (Å²) in [4.78, 5) is 11.2. The molecular formula is C12H10ClFO. The Hall–Kier alpha value is -1.33. The topological polar surface area (TPSA) is 17.1 Å². The zero-order valence-corrected chi connectivity index (χ0v) is 9.07. The zero-order chi connectivity index (χ0) is 11.3. The second-order valence-electron chi connectivity index (χ2n) is 2.99. The zero-order valence-electron chi connectivity index (χ0n) is 8.31. The smallest absolute Gasteiger partial charge is 0.161 e. The lowest BCUT2D eigenvalue weighted by Crippen LogP contribution is -1.97. The molecule has 3 heteroatoms. The van der Waals surface area contributed by atoms with Crippen molar-refractivity contribution < 1.29 is 9.18 Å². The van der Waals surface area contributed by atoms with Crippen LogP contribution in [0.2, 0.25) is 0 Å². The first-order valence-corrected chi connectivity index (χ1v) is 5.04. The Morgan fingerprint density at radius 1 is 1.53 bits per heavy atom. The minimum absolute atomic E-state index is 0.120. The van der Waals surface area contributed by atoms with Gasteiger partial charge >= 0.3 is 0 Å². The number of rotatable bonds is 2. The van der Waals surface area contributed by atoms with Crippen LogP contribution in [0.5, 0.6) is 0 Å². The minimum atomic E-state index is -0.393. The van der Waals surface area contributed by atoms with Gasteiger partial charge in [0, 0.05) is 23.4 Å². The average molecular weight is 225 g/mol. The predicted molar refractivity (Wildman–Crippen MR) is 58.6 cm³/mol. The van der Waals surface area contributed by atoms with Gasteiger partial charge in [0.2, 0.25) is 0 Å². The summed E-state index contributed by atoms with van der Waals surface area (Å²) in [6.45, 7) is 1.43. The molecule has 0 spiro atoms. The van der Waals surface area contributed by atoms with Gasteiger partial charge in [0.1, 0.15) is 5.82 Å². The van der Waals surface area contributed by atoms with Crippen LogP contribution < -0.4 is 0 Å². The van der Waals surface area contributed by atoms with Crippen LogP contribution in [-0.4, -0.2) is 11.7 Å². The number of alkyl halides is 1. The summed E-state index contributed by atoms with van der Waals surface area (Å²) >= 11 is 5.46. The standard InChI is InChI=1S/C12H10ClFO/c1-9(15)12-6-5-11(14)8-10(12)4-2-3-7-13/h5-6,8H,3,7H2,1H3. The third-order valence-corrected chi connectivity index (χ3v) is 1.99. The normalized spacial score (nSPS) is 9.27. The molecule has 1 rings (SSSR count). The Balaban J connectivity index is 3.09. The van der Waals surface area contributed by atoms with E-state index >= 15 is 0 Å². The molecule has 15 heavy (non-hydrogen) atoms. The summed E-state index contributed by atoms with van der Waals surface area (Å²) in [7, 11) is 0. The molecule has 1 nitrogen and oxygen atoms in total. The maximum Gasteiger partial charge on any atom is 0.161 e. The number of hydrogen-bond donors (Lipinski definition) is 0. The van der Waals surface area contributed by atoms with Crippen LogP contribution in [0.1, 0.15) is 29.3 Å². The number of hydrogen-bond acceptors (Lipinski definition) is 1. The fourth-order valence-corrected chi connectivity index (χ4v) is 1.23. The number of ketones is 1. The lowest BCUT2D eigenvalue weighted by atomic mass is 10.0. The molecule has 1 aromatic rings. The number of halogens is 2. The van der Waals surface area contributed by atoms with E-state index in [1.807, 2.05) is 0 Å². The molecule has 0 bridgehead atoms. The maximum atomic E-state index is 12.9. The van der Waals surface area contributed by atoms with Crippen molar-refractivity contribution in [2.24, 2.45) is 0 Å². The lowest BCUT2D eigenvalue weighted by molar-refractivity contribution is 0.101. The van der Waals surface area contributed by atoms with Gasteiger partial charge in [-0.2, -0.15) is 0 Å². The molecular weight excluding hydrogens is 215 g/mol. The second-order valence-corrected chi connectivity index (χ2v) is 3.36. The molecule has 0 aliphatic heterocycles. The van der Waals surface area contributed by atoms with Gasteiger partial charge in [-0.05, 0) is 25.1 Å². The van der Waals surface area contributed by atoms with Crippen molar-refractivity contribution in [2.75, 3.05) is 5.88 Å². The Labute approximate surface area is 93.3 Å². The van der Waals surface area contributed by atoms with Gasteiger partial charge in [-0.3, -0.25) is 4.79 Å². The van der Waals surface area contributed by atoms with E-state index in [0.29, 0.717) is 23.4 Å². The van der Waals surface area contributed by atoms with Gasteiger partial charge in [-0.25, -0.2) is 4.39 Å². The van der Waals surface area contributed by atoms with Crippen molar-refractivity contribution in [1.29, 1.82) is 0 Å². The van der Waals surface area contributed by atoms with Gasteiger partial charge in [0.05, 0.1) is 0 Å². The van der Waals surface area contributed by atoms with Gasteiger partial charge in [-0.1, -0.05) is 11.8 Å². The third-order valence-electron chi connectivity index (χ3n) is 1.80. The van der Waals surface area contributed by atoms with Crippen molar-refractivity contribution in [2.45, 2.75) is 13.3 Å². The van der Waals surface area contributed by atoms with Crippen molar-refractivity contribution in [3.05, 3.63) is 35.1 Å². The first kappa shape index (κ1) is 11.7. The van der Waals surface area contributed by atoms with E-state index in [1.54, 1.807) is 0 Å². The molecule has 0 saturated heterocycles. The average Bonchev–Trinajstić information content (AvgIpc) is 2.18. The molecule has 0 N–H and O–H groups in total. The highest BCUT2D eigenvalue weighted by atomic mass is 35.5. The van der Waals surface area contributed by atoms with Gasteiger partial charge in [-0.15, -0.1) is 11.6 Å². The van der Waals surface area contributed by atoms with Crippen LogP contribution in [0.3, 0.4) is 0 Å². The predicted octanol–water partition coefficient (Wildman–Crippen LogP) is 3.01. The van der Waals surface area contributed by atoms with E-state index in [2.05, 4.69) is 11.8 Å². The fourth-order valence-electron chi connectivity index (χ4n) is 1.13. The highest BCUT2D eigenvalue weighted by Gasteiger charge is 2.05. The Morgan fingerprint density at radius 2 is 2.27 bits per heavy atom. The van der Waals surface area contributed by atoms with Crippen molar-refractivity contribution >= 4 is 17.4 Å². The first-order valence-electron chi connectivity index (χ1n) is 4.50. The molecule has 0 unspecified atom stereocenters.